The Bertz CT molecular complexity index is 2520. The Morgan fingerprint density at radius 2 is 1.14 bits per heavy atom. The number of nitrogens with zero attached hydrogens (tertiary/aromatic N) is 6. The topological polar surface area (TPSA) is 236 Å². The molecule has 16 nitrogen and oxygen atoms in total. The summed E-state index contributed by atoms with van der Waals surface area (Å²) in [5, 5.41) is 37.3. The van der Waals surface area contributed by atoms with E-state index in [1.165, 1.54) is 36.4 Å². The largest absolute Gasteiger partial charge is 0.452 e. The van der Waals surface area contributed by atoms with Gasteiger partial charge in [-0.2, -0.15) is 37.3 Å². The van der Waals surface area contributed by atoms with Gasteiger partial charge in [0.25, 0.3) is 20.2 Å². The lowest BCUT2D eigenvalue weighted by Gasteiger charge is -2.28. The van der Waals surface area contributed by atoms with Crippen LogP contribution in [0.1, 0.15) is 36.8 Å². The fraction of sp³-hybridized carbons (Fsp3) is 0.105. The van der Waals surface area contributed by atoms with Crippen LogP contribution in [0.3, 0.4) is 0 Å². The van der Waals surface area contributed by atoms with Crippen molar-refractivity contribution in [3.8, 4) is 0 Å². The number of hydrogen-bond donors (Lipinski definition) is 6. The highest BCUT2D eigenvalue weighted by atomic mass is 32.2. The van der Waals surface area contributed by atoms with Crippen LogP contribution in [-0.2, 0) is 20.2 Å². The van der Waals surface area contributed by atoms with E-state index in [1.54, 1.807) is 48.6 Å². The molecule has 18 heteroatoms. The summed E-state index contributed by atoms with van der Waals surface area (Å²) in [4.78, 5) is -1.20. The number of hydrogen-bond acceptors (Lipinski definition) is 10. The van der Waals surface area contributed by atoms with Crippen LogP contribution in [0.2, 0.25) is 0 Å². The summed E-state index contributed by atoms with van der Waals surface area (Å²) in [6.45, 7) is 0. The maximum atomic E-state index is 12.4. The van der Waals surface area contributed by atoms with E-state index in [-0.39, 0.29) is 22.5 Å². The maximum Gasteiger partial charge on any atom is 0.295 e. The molecule has 0 amide bonds. The van der Waals surface area contributed by atoms with Crippen LogP contribution in [0, 0.1) is 0 Å². The zero-order valence-electron chi connectivity index (χ0n) is 29.5. The second-order valence-corrected chi connectivity index (χ2v) is 15.1. The van der Waals surface area contributed by atoms with Gasteiger partial charge < -0.3 is 10.9 Å². The quantitative estimate of drug-likeness (QED) is 0.0319. The summed E-state index contributed by atoms with van der Waals surface area (Å²) in [5.74, 6) is 0. The van der Waals surface area contributed by atoms with Gasteiger partial charge in [-0.25, -0.2) is 20.8 Å². The first kappa shape index (κ1) is 39.7. The van der Waals surface area contributed by atoms with Crippen LogP contribution in [-0.4, -0.2) is 36.4 Å². The van der Waals surface area contributed by atoms with Gasteiger partial charge in [-0.05, 0) is 85.4 Å². The summed E-state index contributed by atoms with van der Waals surface area (Å²) >= 11 is 0. The first-order chi connectivity index (χ1) is 26.8. The minimum Gasteiger partial charge on any atom is -0.452 e. The molecule has 2 aliphatic carbocycles. The van der Waals surface area contributed by atoms with Gasteiger partial charge in [0.15, 0.2) is 11.4 Å². The molecule has 0 aromatic heterocycles. The van der Waals surface area contributed by atoms with Gasteiger partial charge in [0.05, 0.1) is 22.8 Å². The molecule has 2 aliphatic rings. The van der Waals surface area contributed by atoms with E-state index in [0.29, 0.717) is 35.6 Å². The van der Waals surface area contributed by atoms with Gasteiger partial charge in [0, 0.05) is 24.3 Å². The molecule has 0 saturated heterocycles. The third-order valence-electron chi connectivity index (χ3n) is 8.32. The summed E-state index contributed by atoms with van der Waals surface area (Å²) in [7, 11) is -9.72. The van der Waals surface area contributed by atoms with E-state index >= 15 is 0 Å². The third kappa shape index (κ3) is 10.8. The van der Waals surface area contributed by atoms with Gasteiger partial charge in [-0.1, -0.05) is 66.4 Å². The molecule has 0 fully saturated rings. The number of benzene rings is 4. The highest BCUT2D eigenvalue weighted by Crippen LogP contribution is 2.28. The van der Waals surface area contributed by atoms with E-state index in [9.17, 15) is 36.4 Å². The molecule has 288 valence electrons. The van der Waals surface area contributed by atoms with Gasteiger partial charge >= 0.3 is 0 Å². The predicted molar refractivity (Wildman–Crippen MR) is 206 cm³/mol. The average molecular weight is 797 g/mol. The summed E-state index contributed by atoms with van der Waals surface area (Å²) in [6, 6.07) is 22.9. The van der Waals surface area contributed by atoms with Crippen molar-refractivity contribution in [3.05, 3.63) is 160 Å². The van der Waals surface area contributed by atoms with Gasteiger partial charge in [0.1, 0.15) is 9.79 Å². The molecule has 0 heterocycles. The number of nitrogens with one attached hydrogen (secondary N) is 2. The number of azo groups is 2. The van der Waals surface area contributed by atoms with Crippen molar-refractivity contribution in [3.63, 3.8) is 0 Å². The molecular weight excluding hydrogens is 761 g/mol. The van der Waals surface area contributed by atoms with Crippen LogP contribution in [0.25, 0.3) is 23.0 Å². The molecule has 56 heavy (non-hydrogen) atoms. The summed E-state index contributed by atoms with van der Waals surface area (Å²) < 4.78 is 69.7. The molecule has 2 unspecified atom stereocenters. The Kier molecular flexibility index (Phi) is 12.5. The lowest BCUT2D eigenvalue weighted by atomic mass is 10.1. The highest BCUT2D eigenvalue weighted by molar-refractivity contribution is 7.86. The Balaban J connectivity index is 1.15. The van der Waals surface area contributed by atoms with Crippen LogP contribution in [0.4, 0.5) is 28.4 Å². The first-order valence-electron chi connectivity index (χ1n) is 17.0. The van der Waals surface area contributed by atoms with E-state index in [0.717, 1.165) is 36.4 Å². The van der Waals surface area contributed by atoms with Crippen LogP contribution >= 0.6 is 0 Å². The van der Waals surface area contributed by atoms with E-state index in [2.05, 4.69) is 37.4 Å². The van der Waals surface area contributed by atoms with Gasteiger partial charge in [-0.3, -0.25) is 9.11 Å². The SMILES string of the molecule is O=S(=O)(O)c1cc([NH+](O)[N-]C2=CC=C(N=NC3=CC=CCC3)CC2)ccc1/C=C\c1ccc([NH+](O)[N-]c2ccc(N=Nc3ccccc3)cc2)cc1S(=O)(=O)O. The zero-order chi connectivity index (χ0) is 39.7. The molecule has 0 saturated carbocycles. The van der Waals surface area contributed by atoms with E-state index in [4.69, 9.17) is 0 Å². The molecule has 4 aromatic rings. The van der Waals surface area contributed by atoms with Crippen LogP contribution in [0.15, 0.2) is 169 Å². The fourth-order valence-corrected chi connectivity index (χ4v) is 6.85. The van der Waals surface area contributed by atoms with Crippen molar-refractivity contribution in [2.24, 2.45) is 20.5 Å². The maximum absolute atomic E-state index is 12.4. The Morgan fingerprint density at radius 1 is 0.589 bits per heavy atom. The van der Waals surface area contributed by atoms with Crippen LogP contribution in [0.5, 0.6) is 0 Å². The third-order valence-corrected chi connectivity index (χ3v) is 10.1. The van der Waals surface area contributed by atoms with Crippen molar-refractivity contribution in [1.29, 1.82) is 0 Å². The van der Waals surface area contributed by atoms with Crippen molar-refractivity contribution in [2.75, 3.05) is 0 Å². The minimum atomic E-state index is -4.87. The molecule has 6 rings (SSSR count). The Labute approximate surface area is 322 Å². The standard InChI is InChI=1S/C38H36N8O8S2/c47-45(43-33-19-15-31(16-20-33)41-39-29-7-3-1-4-8-29)35-23-13-27(37(25-35)55(49,50)51)11-12-28-14-24-36(26-38(28)56(52,53)54)46(48)44-34-21-17-32(18-22-34)42-40-30-9-5-2-6-10-30/h1-5,7-9,11-17,19-21,23-26,45-48H,6,10,18,22H2,(H,49,50,51)(H,52,53,54)/b12-11-,41-39?,42-40?. The fourth-order valence-electron chi connectivity index (χ4n) is 5.43. The van der Waals surface area contributed by atoms with Crippen molar-refractivity contribution >= 4 is 60.8 Å². The number of allylic oxidation sites excluding steroid dienone is 8. The summed E-state index contributed by atoms with van der Waals surface area (Å²) in [5.41, 5.74) is 11.8. The second kappa shape index (κ2) is 17.7. The molecule has 0 aliphatic heterocycles. The molecule has 2 atom stereocenters. The Hall–Kier alpha value is -5.96. The molecule has 0 bridgehead atoms. The molecular formula is C38H36N8O8S2. The zero-order valence-corrected chi connectivity index (χ0v) is 31.1. The minimum absolute atomic E-state index is 0.00797. The summed E-state index contributed by atoms with van der Waals surface area (Å²) in [6.07, 6.45) is 14.4. The van der Waals surface area contributed by atoms with Gasteiger partial charge in [0.2, 0.25) is 0 Å². The van der Waals surface area contributed by atoms with Crippen molar-refractivity contribution in [2.45, 2.75) is 35.5 Å². The monoisotopic (exact) mass is 796 g/mol. The average Bonchev–Trinajstić information content (AvgIpc) is 3.19. The van der Waals surface area contributed by atoms with Crippen molar-refractivity contribution in [1.82, 2.24) is 0 Å². The molecule has 0 spiro atoms. The van der Waals surface area contributed by atoms with E-state index < -0.39 is 40.4 Å². The number of rotatable bonds is 14. The lowest BCUT2D eigenvalue weighted by molar-refractivity contribution is -1.00. The second-order valence-electron chi connectivity index (χ2n) is 12.4. The first-order valence-corrected chi connectivity index (χ1v) is 19.9. The molecule has 4 aromatic carbocycles. The van der Waals surface area contributed by atoms with Crippen LogP contribution < -0.4 is 10.3 Å². The smallest absolute Gasteiger partial charge is 0.295 e. The Morgan fingerprint density at radius 3 is 1.66 bits per heavy atom. The number of quaternary nitrogens is 2. The normalized spacial score (nSPS) is 16.1. The van der Waals surface area contributed by atoms with Crippen molar-refractivity contribution < 1.29 is 46.7 Å². The van der Waals surface area contributed by atoms with E-state index in [1.807, 2.05) is 30.4 Å². The van der Waals surface area contributed by atoms with Gasteiger partial charge in [-0.15, -0.1) is 5.70 Å². The lowest BCUT2D eigenvalue weighted by Crippen LogP contribution is -3.00. The molecule has 0 radical (unpaired) electrons. The predicted octanol–water partition coefficient (Wildman–Crippen LogP) is 7.73. The molecule has 6 N–H and O–H groups in total. The highest BCUT2D eigenvalue weighted by Gasteiger charge is 2.20.